The van der Waals surface area contributed by atoms with Gasteiger partial charge in [0.05, 0.1) is 0 Å². The molecule has 0 aromatic carbocycles. The van der Waals surface area contributed by atoms with Gasteiger partial charge >= 0.3 is 0 Å². The van der Waals surface area contributed by atoms with Crippen LogP contribution in [0.15, 0.2) is 6.07 Å². The molecule has 0 radical (unpaired) electrons. The van der Waals surface area contributed by atoms with Gasteiger partial charge in [-0.3, -0.25) is 5.10 Å². The lowest BCUT2D eigenvalue weighted by molar-refractivity contribution is 0.510. The molecule has 0 spiro atoms. The van der Waals surface area contributed by atoms with Crippen LogP contribution in [-0.4, -0.2) is 10.2 Å². The molecule has 0 saturated heterocycles. The number of anilines is 1. The molecule has 0 amide bonds. The third kappa shape index (κ3) is 0.992. The molecule has 3 heteroatoms. The highest BCUT2D eigenvalue weighted by Gasteiger charge is 2.56. The second-order valence-corrected chi connectivity index (χ2v) is 4.68. The molecule has 3 rings (SSSR count). The van der Waals surface area contributed by atoms with E-state index in [0.29, 0.717) is 5.82 Å². The molecule has 0 bridgehead atoms. The van der Waals surface area contributed by atoms with Gasteiger partial charge in [0.15, 0.2) is 0 Å². The van der Waals surface area contributed by atoms with Gasteiger partial charge in [-0.15, -0.1) is 0 Å². The summed E-state index contributed by atoms with van der Waals surface area (Å²) in [4.78, 5) is 0. The highest BCUT2D eigenvalue weighted by Crippen LogP contribution is 2.64. The number of nitrogen functional groups attached to an aromatic ring is 1. The van der Waals surface area contributed by atoms with Gasteiger partial charge in [-0.2, -0.15) is 5.10 Å². The number of aromatic amines is 1. The first-order valence-electron chi connectivity index (χ1n) is 5.06. The van der Waals surface area contributed by atoms with E-state index in [1.807, 2.05) is 6.07 Å². The number of nitrogens with zero attached hydrogens (tertiary/aromatic N) is 1. The van der Waals surface area contributed by atoms with Crippen LogP contribution in [0.2, 0.25) is 0 Å². The van der Waals surface area contributed by atoms with Crippen molar-refractivity contribution in [3.05, 3.63) is 11.8 Å². The third-order valence-corrected chi connectivity index (χ3v) is 3.66. The van der Waals surface area contributed by atoms with Crippen molar-refractivity contribution in [1.29, 1.82) is 0 Å². The van der Waals surface area contributed by atoms with E-state index in [-0.39, 0.29) is 0 Å². The minimum Gasteiger partial charge on any atom is -0.382 e. The summed E-state index contributed by atoms with van der Waals surface area (Å²) in [5.41, 5.74) is 6.84. The van der Waals surface area contributed by atoms with Gasteiger partial charge in [0.1, 0.15) is 5.82 Å². The lowest BCUT2D eigenvalue weighted by Gasteiger charge is -2.05. The maximum Gasteiger partial charge on any atom is 0.145 e. The summed E-state index contributed by atoms with van der Waals surface area (Å²) in [6, 6.07) is 1.99. The fourth-order valence-electron chi connectivity index (χ4n) is 3.10. The van der Waals surface area contributed by atoms with Crippen molar-refractivity contribution in [3.8, 4) is 0 Å². The molecule has 2 saturated carbocycles. The number of hydrogen-bond acceptors (Lipinski definition) is 2. The molecule has 1 aromatic heterocycles. The van der Waals surface area contributed by atoms with Gasteiger partial charge in [0.2, 0.25) is 0 Å². The number of fused-ring (bicyclic) bond motifs is 1. The summed E-state index contributed by atoms with van der Waals surface area (Å²) in [6.07, 6.45) is 2.79. The number of nitrogens with one attached hydrogen (secondary N) is 1. The second kappa shape index (κ2) is 2.28. The average Bonchev–Trinajstić information content (AvgIpc) is 2.50. The first kappa shape index (κ1) is 7.42. The molecule has 13 heavy (non-hydrogen) atoms. The first-order chi connectivity index (χ1) is 6.25. The van der Waals surface area contributed by atoms with Crippen molar-refractivity contribution >= 4 is 5.82 Å². The smallest absolute Gasteiger partial charge is 0.145 e. The van der Waals surface area contributed by atoms with E-state index in [2.05, 4.69) is 17.1 Å². The predicted octanol–water partition coefficient (Wildman–Crippen LogP) is 1.75. The molecular formula is C10H15N3. The van der Waals surface area contributed by atoms with Crippen LogP contribution in [-0.2, 0) is 0 Å². The molecule has 70 valence electrons. The quantitative estimate of drug-likeness (QED) is 0.686. The fourth-order valence-corrected chi connectivity index (χ4v) is 3.10. The van der Waals surface area contributed by atoms with Crippen LogP contribution in [0.25, 0.3) is 0 Å². The van der Waals surface area contributed by atoms with Crippen molar-refractivity contribution < 1.29 is 0 Å². The normalized spacial score (nSPS) is 41.9. The van der Waals surface area contributed by atoms with Crippen LogP contribution in [0.4, 0.5) is 5.82 Å². The highest BCUT2D eigenvalue weighted by atomic mass is 15.2. The van der Waals surface area contributed by atoms with Crippen LogP contribution in [0.3, 0.4) is 0 Å². The maximum atomic E-state index is 5.58. The third-order valence-electron chi connectivity index (χ3n) is 3.66. The van der Waals surface area contributed by atoms with E-state index in [4.69, 9.17) is 5.73 Å². The fraction of sp³-hybridized carbons (Fsp3) is 0.700. The van der Waals surface area contributed by atoms with Crippen LogP contribution < -0.4 is 5.73 Å². The lowest BCUT2D eigenvalue weighted by Crippen LogP contribution is -1.95. The Morgan fingerprint density at radius 1 is 1.46 bits per heavy atom. The zero-order valence-electron chi connectivity index (χ0n) is 7.83. The molecule has 1 aromatic rings. The maximum absolute atomic E-state index is 5.58. The Hall–Kier alpha value is -0.990. The second-order valence-electron chi connectivity index (χ2n) is 4.68. The Morgan fingerprint density at radius 3 is 2.69 bits per heavy atom. The van der Waals surface area contributed by atoms with Crippen molar-refractivity contribution in [2.45, 2.75) is 25.7 Å². The summed E-state index contributed by atoms with van der Waals surface area (Å²) in [7, 11) is 0. The average molecular weight is 177 g/mol. The molecular weight excluding hydrogens is 162 g/mol. The molecule has 2 fully saturated rings. The highest BCUT2D eigenvalue weighted by molar-refractivity contribution is 5.34. The summed E-state index contributed by atoms with van der Waals surface area (Å²) in [6.45, 7) is 2.35. The van der Waals surface area contributed by atoms with Crippen LogP contribution >= 0.6 is 0 Å². The molecule has 2 aliphatic carbocycles. The molecule has 2 aliphatic rings. The van der Waals surface area contributed by atoms with Gasteiger partial charge in [0, 0.05) is 17.7 Å². The molecule has 1 unspecified atom stereocenters. The summed E-state index contributed by atoms with van der Waals surface area (Å²) in [5, 5.41) is 7.01. The van der Waals surface area contributed by atoms with Crippen LogP contribution in [0.5, 0.6) is 0 Å². The van der Waals surface area contributed by atoms with Crippen LogP contribution in [0, 0.1) is 17.8 Å². The Morgan fingerprint density at radius 2 is 2.15 bits per heavy atom. The zero-order chi connectivity index (χ0) is 9.00. The van der Waals surface area contributed by atoms with Gasteiger partial charge in [-0.25, -0.2) is 0 Å². The Bertz CT molecular complexity index is 319. The van der Waals surface area contributed by atoms with Crippen molar-refractivity contribution in [2.75, 3.05) is 5.73 Å². The largest absolute Gasteiger partial charge is 0.382 e. The summed E-state index contributed by atoms with van der Waals surface area (Å²) < 4.78 is 0. The monoisotopic (exact) mass is 177 g/mol. The minimum absolute atomic E-state index is 0.632. The standard InChI is InChI=1S/C10H15N3/c1-5-2-6-7(3-5)10(6)8-4-9(11)13-12-8/h4-7,10H,2-3H2,1H3,(H3,11,12,13)/t5?,6-,7+,10+. The first-order valence-corrected chi connectivity index (χ1v) is 5.06. The van der Waals surface area contributed by atoms with Gasteiger partial charge < -0.3 is 5.73 Å². The Balaban J connectivity index is 1.78. The van der Waals surface area contributed by atoms with E-state index in [9.17, 15) is 0 Å². The predicted molar refractivity (Wildman–Crippen MR) is 51.1 cm³/mol. The molecule has 3 N–H and O–H groups in total. The Kier molecular flexibility index (Phi) is 1.30. The van der Waals surface area contributed by atoms with Gasteiger partial charge in [0.25, 0.3) is 0 Å². The van der Waals surface area contributed by atoms with Crippen molar-refractivity contribution in [3.63, 3.8) is 0 Å². The van der Waals surface area contributed by atoms with Crippen molar-refractivity contribution in [2.24, 2.45) is 17.8 Å². The van der Waals surface area contributed by atoms with E-state index >= 15 is 0 Å². The topological polar surface area (TPSA) is 54.7 Å². The van der Waals surface area contributed by atoms with Gasteiger partial charge in [-0.1, -0.05) is 6.92 Å². The lowest BCUT2D eigenvalue weighted by atomic mass is 10.0. The van der Waals surface area contributed by atoms with E-state index in [0.717, 1.165) is 23.7 Å². The molecule has 1 heterocycles. The summed E-state index contributed by atoms with van der Waals surface area (Å²) >= 11 is 0. The van der Waals surface area contributed by atoms with E-state index < -0.39 is 0 Å². The Labute approximate surface area is 77.7 Å². The van der Waals surface area contributed by atoms with E-state index in [1.165, 1.54) is 18.5 Å². The van der Waals surface area contributed by atoms with Crippen LogP contribution in [0.1, 0.15) is 31.4 Å². The number of nitrogens with two attached hydrogens (primary N) is 1. The molecule has 4 atom stereocenters. The molecule has 0 aliphatic heterocycles. The number of aromatic nitrogens is 2. The number of rotatable bonds is 1. The summed E-state index contributed by atoms with van der Waals surface area (Å²) in [5.74, 6) is 4.17. The van der Waals surface area contributed by atoms with E-state index in [1.54, 1.807) is 0 Å². The molecule has 3 nitrogen and oxygen atoms in total. The number of H-pyrrole nitrogens is 1. The van der Waals surface area contributed by atoms with Gasteiger partial charge in [-0.05, 0) is 30.6 Å². The number of hydrogen-bond donors (Lipinski definition) is 2. The van der Waals surface area contributed by atoms with Crippen molar-refractivity contribution in [1.82, 2.24) is 10.2 Å². The SMILES string of the molecule is CC1C[C@@H]2[C@H](C1)[C@H]2c1cc(N)n[nH]1. The zero-order valence-corrected chi connectivity index (χ0v) is 7.83. The minimum atomic E-state index is 0.632.